The Balaban J connectivity index is 1.75. The maximum absolute atomic E-state index is 4.25. The van der Waals surface area contributed by atoms with Gasteiger partial charge in [-0.25, -0.2) is 4.98 Å². The molecule has 0 aromatic carbocycles. The van der Waals surface area contributed by atoms with Crippen LogP contribution in [0.3, 0.4) is 0 Å². The summed E-state index contributed by atoms with van der Waals surface area (Å²) in [7, 11) is 0. The maximum atomic E-state index is 4.25. The van der Waals surface area contributed by atoms with Crippen LogP contribution in [0.2, 0.25) is 0 Å². The molecule has 0 spiro atoms. The predicted octanol–water partition coefficient (Wildman–Crippen LogP) is 1.45. The average Bonchev–Trinajstić information content (AvgIpc) is 2.85. The van der Waals surface area contributed by atoms with E-state index >= 15 is 0 Å². The molecule has 1 fully saturated rings. The van der Waals surface area contributed by atoms with Crippen LogP contribution >= 0.6 is 0 Å². The number of fused-ring (bicyclic) bond motifs is 1. The van der Waals surface area contributed by atoms with E-state index < -0.39 is 0 Å². The van der Waals surface area contributed by atoms with Crippen molar-refractivity contribution in [1.29, 1.82) is 0 Å². The van der Waals surface area contributed by atoms with Crippen molar-refractivity contribution in [3.05, 3.63) is 24.0 Å². The second-order valence-electron chi connectivity index (χ2n) is 5.04. The van der Waals surface area contributed by atoms with Gasteiger partial charge in [-0.1, -0.05) is 0 Å². The summed E-state index contributed by atoms with van der Waals surface area (Å²) in [4.78, 5) is 4.23. The molecule has 5 nitrogen and oxygen atoms in total. The van der Waals surface area contributed by atoms with Crippen LogP contribution in [0.5, 0.6) is 0 Å². The summed E-state index contributed by atoms with van der Waals surface area (Å²) in [5.41, 5.74) is 2.11. The van der Waals surface area contributed by atoms with E-state index in [4.69, 9.17) is 0 Å². The third kappa shape index (κ3) is 2.31. The van der Waals surface area contributed by atoms with Gasteiger partial charge in [-0.3, -0.25) is 0 Å². The Hall–Kier alpha value is -1.62. The number of hydrogen-bond donors (Lipinski definition) is 2. The Morgan fingerprint density at radius 3 is 3.28 bits per heavy atom. The topological polar surface area (TPSA) is 54.2 Å². The fourth-order valence-corrected chi connectivity index (χ4v) is 2.53. The SMILES string of the molecule is Cc1cc(NCC2CCCNC2)n2ncnc2c1. The molecule has 96 valence electrons. The maximum Gasteiger partial charge on any atom is 0.157 e. The van der Waals surface area contributed by atoms with Crippen LogP contribution in [0.15, 0.2) is 18.5 Å². The van der Waals surface area contributed by atoms with Gasteiger partial charge in [0.25, 0.3) is 0 Å². The van der Waals surface area contributed by atoms with E-state index in [9.17, 15) is 0 Å². The van der Waals surface area contributed by atoms with Gasteiger partial charge in [0.2, 0.25) is 0 Å². The highest BCUT2D eigenvalue weighted by Crippen LogP contribution is 2.15. The quantitative estimate of drug-likeness (QED) is 0.859. The molecule has 0 radical (unpaired) electrons. The summed E-state index contributed by atoms with van der Waals surface area (Å²) < 4.78 is 1.86. The molecule has 0 saturated carbocycles. The number of rotatable bonds is 3. The number of piperidine rings is 1. The van der Waals surface area contributed by atoms with Gasteiger partial charge < -0.3 is 10.6 Å². The Kier molecular flexibility index (Phi) is 3.15. The van der Waals surface area contributed by atoms with Gasteiger partial charge in [0.05, 0.1) is 0 Å². The van der Waals surface area contributed by atoms with E-state index in [1.807, 2.05) is 10.6 Å². The molecule has 1 aliphatic heterocycles. The van der Waals surface area contributed by atoms with Gasteiger partial charge in [-0.05, 0) is 56.5 Å². The minimum atomic E-state index is 0.706. The zero-order chi connectivity index (χ0) is 12.4. The van der Waals surface area contributed by atoms with Crippen LogP contribution in [0, 0.1) is 12.8 Å². The Labute approximate surface area is 107 Å². The summed E-state index contributed by atoms with van der Waals surface area (Å²) in [6.45, 7) is 5.35. The van der Waals surface area contributed by atoms with Gasteiger partial charge in [-0.2, -0.15) is 9.61 Å². The third-order valence-electron chi connectivity index (χ3n) is 3.49. The molecule has 1 unspecified atom stereocenters. The van der Waals surface area contributed by atoms with Gasteiger partial charge in [0.1, 0.15) is 12.1 Å². The number of nitrogens with zero attached hydrogens (tertiary/aromatic N) is 3. The molecular weight excluding hydrogens is 226 g/mol. The van der Waals surface area contributed by atoms with Crippen LogP contribution in [-0.4, -0.2) is 34.2 Å². The molecule has 1 atom stereocenters. The lowest BCUT2D eigenvalue weighted by Crippen LogP contribution is -2.33. The number of pyridine rings is 1. The van der Waals surface area contributed by atoms with Crippen molar-refractivity contribution in [3.8, 4) is 0 Å². The minimum absolute atomic E-state index is 0.706. The van der Waals surface area contributed by atoms with Crippen molar-refractivity contribution in [1.82, 2.24) is 19.9 Å². The van der Waals surface area contributed by atoms with Crippen molar-refractivity contribution in [2.24, 2.45) is 5.92 Å². The number of anilines is 1. The normalized spacial score (nSPS) is 20.2. The Morgan fingerprint density at radius 1 is 1.50 bits per heavy atom. The first-order chi connectivity index (χ1) is 8.83. The van der Waals surface area contributed by atoms with Crippen molar-refractivity contribution >= 4 is 11.5 Å². The molecule has 1 aliphatic rings. The lowest BCUT2D eigenvalue weighted by Gasteiger charge is -2.23. The highest BCUT2D eigenvalue weighted by atomic mass is 15.3. The van der Waals surface area contributed by atoms with Gasteiger partial charge in [-0.15, -0.1) is 0 Å². The zero-order valence-corrected chi connectivity index (χ0v) is 10.7. The Morgan fingerprint density at radius 2 is 2.44 bits per heavy atom. The molecule has 1 saturated heterocycles. The Bertz CT molecular complexity index is 527. The van der Waals surface area contributed by atoms with E-state index in [1.165, 1.54) is 18.4 Å². The fourth-order valence-electron chi connectivity index (χ4n) is 2.53. The highest BCUT2D eigenvalue weighted by molar-refractivity contribution is 5.51. The number of hydrogen-bond acceptors (Lipinski definition) is 4. The highest BCUT2D eigenvalue weighted by Gasteiger charge is 2.13. The van der Waals surface area contributed by atoms with Crippen molar-refractivity contribution in [2.45, 2.75) is 19.8 Å². The first kappa shape index (κ1) is 11.5. The molecule has 2 aromatic heterocycles. The van der Waals surface area contributed by atoms with Crippen LogP contribution in [0.4, 0.5) is 5.82 Å². The van der Waals surface area contributed by atoms with Crippen LogP contribution in [0.25, 0.3) is 5.65 Å². The minimum Gasteiger partial charge on any atom is -0.370 e. The van der Waals surface area contributed by atoms with E-state index in [2.05, 4.69) is 33.7 Å². The second-order valence-corrected chi connectivity index (χ2v) is 5.04. The number of aryl methyl sites for hydroxylation is 1. The number of aromatic nitrogens is 3. The van der Waals surface area contributed by atoms with Crippen LogP contribution < -0.4 is 10.6 Å². The summed E-state index contributed by atoms with van der Waals surface area (Å²) in [5, 5.41) is 11.2. The van der Waals surface area contributed by atoms with Crippen molar-refractivity contribution < 1.29 is 0 Å². The zero-order valence-electron chi connectivity index (χ0n) is 10.7. The first-order valence-electron chi connectivity index (χ1n) is 6.58. The van der Waals surface area contributed by atoms with Crippen LogP contribution in [-0.2, 0) is 0 Å². The average molecular weight is 245 g/mol. The summed E-state index contributed by atoms with van der Waals surface area (Å²) in [6.07, 6.45) is 4.17. The fraction of sp³-hybridized carbons (Fsp3) is 0.538. The van der Waals surface area contributed by atoms with Gasteiger partial charge >= 0.3 is 0 Å². The monoisotopic (exact) mass is 245 g/mol. The van der Waals surface area contributed by atoms with E-state index in [0.29, 0.717) is 5.92 Å². The predicted molar refractivity (Wildman–Crippen MR) is 71.8 cm³/mol. The van der Waals surface area contributed by atoms with E-state index in [-0.39, 0.29) is 0 Å². The third-order valence-corrected chi connectivity index (χ3v) is 3.49. The molecule has 2 aromatic rings. The summed E-state index contributed by atoms with van der Waals surface area (Å²) in [6, 6.07) is 4.16. The molecule has 2 N–H and O–H groups in total. The largest absolute Gasteiger partial charge is 0.370 e. The van der Waals surface area contributed by atoms with Gasteiger partial charge in [0.15, 0.2) is 5.65 Å². The summed E-state index contributed by atoms with van der Waals surface area (Å²) >= 11 is 0. The standard InChI is InChI=1S/C13H19N5/c1-10-5-12(18-13(6-10)16-9-17-18)15-8-11-3-2-4-14-7-11/h5-6,9,11,14-15H,2-4,7-8H2,1H3. The van der Waals surface area contributed by atoms with Crippen molar-refractivity contribution in [3.63, 3.8) is 0 Å². The van der Waals surface area contributed by atoms with E-state index in [0.717, 1.165) is 31.1 Å². The van der Waals surface area contributed by atoms with Gasteiger partial charge in [0, 0.05) is 6.54 Å². The molecule has 3 rings (SSSR count). The molecule has 0 bridgehead atoms. The smallest absolute Gasteiger partial charge is 0.157 e. The lowest BCUT2D eigenvalue weighted by molar-refractivity contribution is 0.392. The van der Waals surface area contributed by atoms with Crippen LogP contribution in [0.1, 0.15) is 18.4 Å². The summed E-state index contributed by atoms with van der Waals surface area (Å²) in [5.74, 6) is 1.74. The molecule has 3 heterocycles. The van der Waals surface area contributed by atoms with Crippen molar-refractivity contribution in [2.75, 3.05) is 25.0 Å². The number of nitrogens with one attached hydrogen (secondary N) is 2. The molecule has 18 heavy (non-hydrogen) atoms. The first-order valence-corrected chi connectivity index (χ1v) is 6.58. The molecular formula is C13H19N5. The molecule has 0 amide bonds. The molecule has 5 heteroatoms. The second kappa shape index (κ2) is 4.94. The molecule has 0 aliphatic carbocycles. The van der Waals surface area contributed by atoms with E-state index in [1.54, 1.807) is 6.33 Å². The lowest BCUT2D eigenvalue weighted by atomic mass is 10.00.